The maximum atomic E-state index is 13.4. The highest BCUT2D eigenvalue weighted by Gasteiger charge is 2.40. The first-order valence-electron chi connectivity index (χ1n) is 5.65. The highest BCUT2D eigenvalue weighted by molar-refractivity contribution is 5.42. The van der Waals surface area contributed by atoms with Crippen LogP contribution in [0.15, 0.2) is 12.1 Å². The van der Waals surface area contributed by atoms with E-state index >= 15 is 0 Å². The lowest BCUT2D eigenvalue weighted by molar-refractivity contribution is 0.150. The second kappa shape index (κ2) is 4.06. The normalized spacial score (nSPS) is 17.2. The van der Waals surface area contributed by atoms with E-state index < -0.39 is 5.60 Å². The molecule has 0 unspecified atom stereocenters. The van der Waals surface area contributed by atoms with E-state index in [2.05, 4.69) is 0 Å². The summed E-state index contributed by atoms with van der Waals surface area (Å²) in [5.74, 6) is 0.287. The van der Waals surface area contributed by atoms with Crippen LogP contribution in [-0.2, 0) is 12.8 Å². The zero-order chi connectivity index (χ0) is 11.8. The number of hydrogen-bond donors (Lipinski definition) is 1. The van der Waals surface area contributed by atoms with Crippen molar-refractivity contribution >= 4 is 0 Å². The van der Waals surface area contributed by atoms with Crippen LogP contribution in [0.25, 0.3) is 0 Å². The molecular weight excluding hydrogens is 207 g/mol. The summed E-state index contributed by atoms with van der Waals surface area (Å²) in [5.41, 5.74) is 1.28. The van der Waals surface area contributed by atoms with Gasteiger partial charge in [0.15, 0.2) is 0 Å². The summed E-state index contributed by atoms with van der Waals surface area (Å²) in [6.45, 7) is 2.01. The van der Waals surface area contributed by atoms with E-state index in [0.717, 1.165) is 30.4 Å². The molecule has 1 N–H and O–H groups in total. The van der Waals surface area contributed by atoms with Gasteiger partial charge in [0, 0.05) is 12.5 Å². The maximum absolute atomic E-state index is 13.4. The van der Waals surface area contributed by atoms with Crippen molar-refractivity contribution in [1.29, 1.82) is 0 Å². The van der Waals surface area contributed by atoms with Crippen LogP contribution in [0.5, 0.6) is 5.75 Å². The Morgan fingerprint density at radius 2 is 2.12 bits per heavy atom. The van der Waals surface area contributed by atoms with Crippen LogP contribution >= 0.6 is 0 Å². The number of halogens is 1. The van der Waals surface area contributed by atoms with Crippen LogP contribution in [-0.4, -0.2) is 17.8 Å². The molecule has 1 aromatic carbocycles. The molecule has 0 radical (unpaired) electrons. The molecule has 16 heavy (non-hydrogen) atoms. The van der Waals surface area contributed by atoms with Crippen LogP contribution in [0.2, 0.25) is 0 Å². The van der Waals surface area contributed by atoms with Gasteiger partial charge in [-0.15, -0.1) is 0 Å². The van der Waals surface area contributed by atoms with E-state index in [1.807, 2.05) is 6.92 Å². The minimum Gasteiger partial charge on any atom is -0.496 e. The Bertz CT molecular complexity index is 397. The van der Waals surface area contributed by atoms with E-state index in [-0.39, 0.29) is 5.82 Å². The van der Waals surface area contributed by atoms with Gasteiger partial charge < -0.3 is 9.84 Å². The summed E-state index contributed by atoms with van der Waals surface area (Å²) >= 11 is 0. The van der Waals surface area contributed by atoms with Crippen LogP contribution in [0.4, 0.5) is 4.39 Å². The third-order valence-electron chi connectivity index (χ3n) is 3.19. The van der Waals surface area contributed by atoms with Gasteiger partial charge in [-0.05, 0) is 36.5 Å². The smallest absolute Gasteiger partial charge is 0.127 e. The molecule has 0 heterocycles. The molecule has 0 saturated heterocycles. The molecule has 0 bridgehead atoms. The Morgan fingerprint density at radius 3 is 2.62 bits per heavy atom. The zero-order valence-electron chi connectivity index (χ0n) is 9.72. The number of ether oxygens (including phenoxy) is 1. The molecule has 1 saturated carbocycles. The van der Waals surface area contributed by atoms with Gasteiger partial charge >= 0.3 is 0 Å². The Balaban J connectivity index is 2.37. The molecule has 2 nitrogen and oxygen atoms in total. The van der Waals surface area contributed by atoms with Gasteiger partial charge in [-0.1, -0.05) is 6.92 Å². The number of benzene rings is 1. The van der Waals surface area contributed by atoms with Crippen molar-refractivity contribution in [3.8, 4) is 5.75 Å². The Hall–Kier alpha value is -1.09. The summed E-state index contributed by atoms with van der Waals surface area (Å²) in [6, 6.07) is 2.91. The molecule has 1 aliphatic carbocycles. The van der Waals surface area contributed by atoms with Crippen molar-refractivity contribution in [3.05, 3.63) is 29.1 Å². The first kappa shape index (κ1) is 11.4. The largest absolute Gasteiger partial charge is 0.496 e. The predicted molar refractivity (Wildman–Crippen MR) is 60.2 cm³/mol. The Labute approximate surface area is 95.1 Å². The van der Waals surface area contributed by atoms with Gasteiger partial charge in [0.2, 0.25) is 0 Å². The molecular formula is C13H17FO2. The van der Waals surface area contributed by atoms with Gasteiger partial charge in [0.25, 0.3) is 0 Å². The second-order valence-corrected chi connectivity index (χ2v) is 4.50. The minimum absolute atomic E-state index is 0.298. The summed E-state index contributed by atoms with van der Waals surface area (Å²) in [4.78, 5) is 0. The minimum atomic E-state index is -0.595. The molecule has 1 aliphatic rings. The van der Waals surface area contributed by atoms with Crippen molar-refractivity contribution in [2.45, 2.75) is 38.2 Å². The molecule has 1 fully saturated rings. The average Bonchev–Trinajstić information content (AvgIpc) is 2.95. The fourth-order valence-corrected chi connectivity index (χ4v) is 2.08. The van der Waals surface area contributed by atoms with Crippen LogP contribution in [0, 0.1) is 5.82 Å². The number of hydrogen-bond acceptors (Lipinski definition) is 2. The van der Waals surface area contributed by atoms with Crippen LogP contribution in [0.1, 0.15) is 30.9 Å². The third kappa shape index (κ3) is 2.19. The third-order valence-corrected chi connectivity index (χ3v) is 3.19. The monoisotopic (exact) mass is 224 g/mol. The maximum Gasteiger partial charge on any atom is 0.127 e. The first-order chi connectivity index (χ1) is 7.58. The fourth-order valence-electron chi connectivity index (χ4n) is 2.08. The van der Waals surface area contributed by atoms with Gasteiger partial charge in [0.1, 0.15) is 11.6 Å². The van der Waals surface area contributed by atoms with Crippen molar-refractivity contribution in [2.24, 2.45) is 0 Å². The van der Waals surface area contributed by atoms with Crippen molar-refractivity contribution in [3.63, 3.8) is 0 Å². The van der Waals surface area contributed by atoms with E-state index in [9.17, 15) is 9.50 Å². The van der Waals surface area contributed by atoms with Crippen molar-refractivity contribution in [1.82, 2.24) is 0 Å². The Kier molecular flexibility index (Phi) is 2.89. The highest BCUT2D eigenvalue weighted by atomic mass is 19.1. The number of aliphatic hydroxyl groups is 1. The van der Waals surface area contributed by atoms with Crippen LogP contribution in [0.3, 0.4) is 0 Å². The fraction of sp³-hybridized carbons (Fsp3) is 0.538. The molecule has 88 valence electrons. The molecule has 0 spiro atoms. The van der Waals surface area contributed by atoms with E-state index in [1.165, 1.54) is 12.1 Å². The van der Waals surface area contributed by atoms with Gasteiger partial charge in [0.05, 0.1) is 12.7 Å². The molecule has 2 rings (SSSR count). The average molecular weight is 224 g/mol. The van der Waals surface area contributed by atoms with Crippen molar-refractivity contribution in [2.75, 3.05) is 7.11 Å². The van der Waals surface area contributed by atoms with E-state index in [4.69, 9.17) is 4.74 Å². The van der Waals surface area contributed by atoms with Crippen LogP contribution < -0.4 is 4.74 Å². The van der Waals surface area contributed by atoms with E-state index in [1.54, 1.807) is 7.11 Å². The molecule has 0 atom stereocenters. The standard InChI is InChI=1S/C13H17FO2/c1-3-11-9(8-13(15)4-5-13)6-10(14)7-12(11)16-2/h6-7,15H,3-5,8H2,1-2H3. The molecule has 1 aromatic rings. The lowest BCUT2D eigenvalue weighted by Gasteiger charge is -2.15. The quantitative estimate of drug-likeness (QED) is 0.851. The molecule has 0 amide bonds. The molecule has 0 aromatic heterocycles. The van der Waals surface area contributed by atoms with Crippen molar-refractivity contribution < 1.29 is 14.2 Å². The van der Waals surface area contributed by atoms with Gasteiger partial charge in [-0.2, -0.15) is 0 Å². The predicted octanol–water partition coefficient (Wildman–Crippen LogP) is 2.46. The lowest BCUT2D eigenvalue weighted by Crippen LogP contribution is -2.13. The summed E-state index contributed by atoms with van der Waals surface area (Å²) < 4.78 is 18.5. The lowest BCUT2D eigenvalue weighted by atomic mass is 9.97. The SMILES string of the molecule is CCc1c(CC2(O)CC2)cc(F)cc1OC. The Morgan fingerprint density at radius 1 is 1.44 bits per heavy atom. The highest BCUT2D eigenvalue weighted by Crippen LogP contribution is 2.40. The zero-order valence-corrected chi connectivity index (χ0v) is 9.72. The first-order valence-corrected chi connectivity index (χ1v) is 5.65. The number of rotatable bonds is 4. The van der Waals surface area contributed by atoms with Gasteiger partial charge in [-0.25, -0.2) is 4.39 Å². The molecule has 3 heteroatoms. The number of methoxy groups -OCH3 is 1. The summed E-state index contributed by atoms with van der Waals surface area (Å²) in [6.07, 6.45) is 2.95. The second-order valence-electron chi connectivity index (χ2n) is 4.50. The topological polar surface area (TPSA) is 29.5 Å². The summed E-state index contributed by atoms with van der Waals surface area (Å²) in [5, 5.41) is 9.89. The van der Waals surface area contributed by atoms with Gasteiger partial charge in [-0.3, -0.25) is 0 Å². The molecule has 0 aliphatic heterocycles. The van der Waals surface area contributed by atoms with E-state index in [0.29, 0.717) is 12.2 Å². The summed E-state index contributed by atoms with van der Waals surface area (Å²) in [7, 11) is 1.55.